The lowest BCUT2D eigenvalue weighted by atomic mass is 10.0. The third-order valence-electron chi connectivity index (χ3n) is 3.71. The minimum Gasteiger partial charge on any atom is -0.422 e. The summed E-state index contributed by atoms with van der Waals surface area (Å²) >= 11 is 0. The molecule has 0 aliphatic carbocycles. The molecule has 3 aromatic rings. The minimum atomic E-state index is -0.651. The molecule has 1 aromatic heterocycles. The summed E-state index contributed by atoms with van der Waals surface area (Å²) in [5.74, 6) is -0.405. The Hall–Kier alpha value is -3.19. The fraction of sp³-hybridized carbons (Fsp3) is 0.105. The van der Waals surface area contributed by atoms with Gasteiger partial charge < -0.3 is 4.42 Å². The molecule has 4 heteroatoms. The van der Waals surface area contributed by atoms with Crippen molar-refractivity contribution in [1.29, 1.82) is 0 Å². The Labute approximate surface area is 132 Å². The van der Waals surface area contributed by atoms with Crippen molar-refractivity contribution in [1.82, 2.24) is 0 Å². The lowest BCUT2D eigenvalue weighted by Crippen LogP contribution is -2.14. The molecule has 0 spiro atoms. The molecule has 0 aliphatic rings. The summed E-state index contributed by atoms with van der Waals surface area (Å²) in [6.45, 7) is 10.8. The molecule has 0 fully saturated rings. The van der Waals surface area contributed by atoms with Crippen LogP contribution in [0.4, 0.5) is 5.69 Å². The molecule has 3 rings (SSSR count). The number of ketones is 1. The summed E-state index contributed by atoms with van der Waals surface area (Å²) in [6, 6.07) is 11.5. The quantitative estimate of drug-likeness (QED) is 0.405. The molecule has 0 N–H and O–H groups in total. The molecule has 0 saturated carbocycles. The van der Waals surface area contributed by atoms with Gasteiger partial charge >= 0.3 is 5.63 Å². The summed E-state index contributed by atoms with van der Waals surface area (Å²) in [5, 5.41) is 0.747. The van der Waals surface area contributed by atoms with E-state index in [1.807, 2.05) is 19.9 Å². The first-order chi connectivity index (χ1) is 11.0. The van der Waals surface area contributed by atoms with E-state index in [2.05, 4.69) is 4.85 Å². The van der Waals surface area contributed by atoms with E-state index in [0.29, 0.717) is 16.8 Å². The average molecular weight is 303 g/mol. The van der Waals surface area contributed by atoms with E-state index in [4.69, 9.17) is 11.0 Å². The van der Waals surface area contributed by atoms with Crippen molar-refractivity contribution in [2.45, 2.75) is 13.8 Å². The summed E-state index contributed by atoms with van der Waals surface area (Å²) in [4.78, 5) is 28.0. The SMILES string of the molecule is [C-]#[N+]c1ccc(C(=O)c2cc3c(C)cc(C)cc3oc2=O)cc1. The van der Waals surface area contributed by atoms with Crippen molar-refractivity contribution in [2.75, 3.05) is 0 Å². The molecule has 23 heavy (non-hydrogen) atoms. The zero-order chi connectivity index (χ0) is 16.6. The van der Waals surface area contributed by atoms with Crippen molar-refractivity contribution >= 4 is 22.4 Å². The Morgan fingerprint density at radius 2 is 1.78 bits per heavy atom. The van der Waals surface area contributed by atoms with Crippen LogP contribution in [0.3, 0.4) is 0 Å². The minimum absolute atomic E-state index is 0.0000142. The Balaban J connectivity index is 2.15. The van der Waals surface area contributed by atoms with Crippen LogP contribution in [-0.2, 0) is 0 Å². The van der Waals surface area contributed by atoms with Crippen LogP contribution in [0.5, 0.6) is 0 Å². The molecule has 0 radical (unpaired) electrons. The number of nitrogens with zero attached hydrogens (tertiary/aromatic N) is 1. The second-order valence-electron chi connectivity index (χ2n) is 5.43. The molecule has 0 unspecified atom stereocenters. The maximum Gasteiger partial charge on any atom is 0.347 e. The summed E-state index contributed by atoms with van der Waals surface area (Å²) in [7, 11) is 0. The number of fused-ring (bicyclic) bond motifs is 1. The highest BCUT2D eigenvalue weighted by atomic mass is 16.4. The number of carbonyl (C=O) groups excluding carboxylic acids is 1. The molecule has 0 atom stereocenters. The van der Waals surface area contributed by atoms with Crippen LogP contribution in [0, 0.1) is 20.4 Å². The van der Waals surface area contributed by atoms with Gasteiger partial charge in [0.05, 0.1) is 6.57 Å². The smallest absolute Gasteiger partial charge is 0.347 e. The average Bonchev–Trinajstić information content (AvgIpc) is 2.53. The zero-order valence-corrected chi connectivity index (χ0v) is 12.7. The monoisotopic (exact) mass is 303 g/mol. The Morgan fingerprint density at radius 1 is 1.09 bits per heavy atom. The van der Waals surface area contributed by atoms with E-state index in [-0.39, 0.29) is 5.56 Å². The molecular formula is C19H13NO3. The molecule has 0 saturated heterocycles. The fourth-order valence-electron chi connectivity index (χ4n) is 2.57. The van der Waals surface area contributed by atoms with Crippen LogP contribution in [0.2, 0.25) is 0 Å². The van der Waals surface area contributed by atoms with Crippen LogP contribution in [0.1, 0.15) is 27.0 Å². The number of hydrogen-bond donors (Lipinski definition) is 0. The molecule has 112 valence electrons. The number of aryl methyl sites for hydroxylation is 2. The molecule has 0 bridgehead atoms. The summed E-state index contributed by atoms with van der Waals surface area (Å²) < 4.78 is 5.32. The molecule has 0 aliphatic heterocycles. The second kappa shape index (κ2) is 5.54. The van der Waals surface area contributed by atoms with Crippen LogP contribution in [-0.4, -0.2) is 5.78 Å². The normalized spacial score (nSPS) is 10.5. The van der Waals surface area contributed by atoms with Gasteiger partial charge in [-0.2, -0.15) is 0 Å². The molecule has 1 heterocycles. The lowest BCUT2D eigenvalue weighted by molar-refractivity contribution is 0.103. The maximum absolute atomic E-state index is 12.6. The van der Waals surface area contributed by atoms with Crippen LogP contribution < -0.4 is 5.63 Å². The third kappa shape index (κ3) is 2.65. The van der Waals surface area contributed by atoms with E-state index < -0.39 is 11.4 Å². The van der Waals surface area contributed by atoms with Gasteiger partial charge in [-0.3, -0.25) is 4.79 Å². The van der Waals surface area contributed by atoms with Gasteiger partial charge in [0.2, 0.25) is 0 Å². The maximum atomic E-state index is 12.6. The number of carbonyl (C=O) groups is 1. The highest BCUT2D eigenvalue weighted by Crippen LogP contribution is 2.22. The Morgan fingerprint density at radius 3 is 2.43 bits per heavy atom. The Bertz CT molecular complexity index is 1020. The van der Waals surface area contributed by atoms with E-state index in [0.717, 1.165) is 16.5 Å². The van der Waals surface area contributed by atoms with Crippen molar-refractivity contribution in [3.63, 3.8) is 0 Å². The topological polar surface area (TPSA) is 51.6 Å². The van der Waals surface area contributed by atoms with Gasteiger partial charge in [0, 0.05) is 10.9 Å². The van der Waals surface area contributed by atoms with E-state index in [1.165, 1.54) is 0 Å². The third-order valence-corrected chi connectivity index (χ3v) is 3.71. The van der Waals surface area contributed by atoms with E-state index in [9.17, 15) is 9.59 Å². The van der Waals surface area contributed by atoms with Gasteiger partial charge in [-0.1, -0.05) is 30.3 Å². The van der Waals surface area contributed by atoms with Gasteiger partial charge in [0.25, 0.3) is 0 Å². The summed E-state index contributed by atoms with van der Waals surface area (Å²) in [6.07, 6.45) is 0. The van der Waals surface area contributed by atoms with Gasteiger partial charge in [0.1, 0.15) is 11.1 Å². The highest BCUT2D eigenvalue weighted by molar-refractivity contribution is 6.10. The van der Waals surface area contributed by atoms with Gasteiger partial charge in [-0.05, 0) is 37.1 Å². The number of rotatable bonds is 2. The largest absolute Gasteiger partial charge is 0.422 e. The van der Waals surface area contributed by atoms with Crippen molar-refractivity contribution in [3.8, 4) is 0 Å². The molecule has 2 aromatic carbocycles. The first kappa shape index (κ1) is 14.7. The number of benzene rings is 2. The van der Waals surface area contributed by atoms with Crippen molar-refractivity contribution in [3.05, 3.63) is 86.6 Å². The highest BCUT2D eigenvalue weighted by Gasteiger charge is 2.16. The van der Waals surface area contributed by atoms with Crippen LogP contribution in [0.25, 0.3) is 15.8 Å². The first-order valence-electron chi connectivity index (χ1n) is 7.07. The van der Waals surface area contributed by atoms with Crippen molar-refractivity contribution in [2.24, 2.45) is 0 Å². The molecular weight excluding hydrogens is 290 g/mol. The van der Waals surface area contributed by atoms with Gasteiger partial charge in [-0.15, -0.1) is 0 Å². The summed E-state index contributed by atoms with van der Waals surface area (Å²) in [5.41, 5.74) is 2.56. The first-order valence-corrected chi connectivity index (χ1v) is 7.07. The lowest BCUT2D eigenvalue weighted by Gasteiger charge is -2.06. The van der Waals surface area contributed by atoms with Gasteiger partial charge in [-0.25, -0.2) is 9.64 Å². The standard InChI is InChI=1S/C19H13NO3/c1-11-8-12(2)15-10-16(19(22)23-17(15)9-11)18(21)13-4-6-14(20-3)7-5-13/h4-10H,1-2H3. The van der Waals surface area contributed by atoms with E-state index in [1.54, 1.807) is 36.4 Å². The van der Waals surface area contributed by atoms with Gasteiger partial charge in [0.15, 0.2) is 11.5 Å². The second-order valence-corrected chi connectivity index (χ2v) is 5.43. The van der Waals surface area contributed by atoms with Crippen LogP contribution in [0.15, 0.2) is 51.7 Å². The van der Waals surface area contributed by atoms with E-state index >= 15 is 0 Å². The van der Waals surface area contributed by atoms with Crippen molar-refractivity contribution < 1.29 is 9.21 Å². The predicted molar refractivity (Wildman–Crippen MR) is 88.1 cm³/mol. The van der Waals surface area contributed by atoms with Crippen LogP contribution >= 0.6 is 0 Å². The zero-order valence-electron chi connectivity index (χ0n) is 12.7. The molecule has 0 amide bonds. The fourth-order valence-corrected chi connectivity index (χ4v) is 2.57. The molecule has 4 nitrogen and oxygen atoms in total. The Kier molecular flexibility index (Phi) is 3.55. The number of hydrogen-bond acceptors (Lipinski definition) is 3. The predicted octanol–water partition coefficient (Wildman–Crippen LogP) is 4.19.